The van der Waals surface area contributed by atoms with Crippen molar-refractivity contribution in [2.45, 2.75) is 78.2 Å². The predicted octanol–water partition coefficient (Wildman–Crippen LogP) is 4.00. The Balaban J connectivity index is 4.26. The molecule has 0 rings (SSSR count). The van der Waals surface area contributed by atoms with Crippen LogP contribution >= 0.6 is 0 Å². The molecule has 0 aromatic carbocycles. The van der Waals surface area contributed by atoms with Crippen LogP contribution in [0.3, 0.4) is 0 Å². The first-order chi connectivity index (χ1) is 10.0. The summed E-state index contributed by atoms with van der Waals surface area (Å²) in [6.45, 7) is 6.24. The predicted molar refractivity (Wildman–Crippen MR) is 86.2 cm³/mol. The van der Waals surface area contributed by atoms with Crippen molar-refractivity contribution in [3.8, 4) is 0 Å². The van der Waals surface area contributed by atoms with Crippen LogP contribution in [0.1, 0.15) is 72.1 Å². The maximum atomic E-state index is 12.2. The fourth-order valence-corrected chi connectivity index (χ4v) is 2.25. The minimum Gasteiger partial charge on any atom is -0.480 e. The van der Waals surface area contributed by atoms with E-state index in [1.807, 2.05) is 19.1 Å². The standard InChI is InChI=1S/C17H31NO3/c1-4-6-8-9-10-12-14-18(15(3)17(20)21)16(19)13-11-7-5-2/h5,7,15H,4,6,8-14H2,1-3H3,(H,20,21)/b7-5+/t15-/m0/s1. The summed E-state index contributed by atoms with van der Waals surface area (Å²) in [5, 5.41) is 9.14. The third-order valence-electron chi connectivity index (χ3n) is 3.66. The van der Waals surface area contributed by atoms with E-state index >= 15 is 0 Å². The van der Waals surface area contributed by atoms with E-state index in [0.29, 0.717) is 19.4 Å². The highest BCUT2D eigenvalue weighted by molar-refractivity contribution is 5.83. The Kier molecular flexibility index (Phi) is 11.6. The van der Waals surface area contributed by atoms with E-state index in [-0.39, 0.29) is 5.91 Å². The van der Waals surface area contributed by atoms with Gasteiger partial charge in [-0.15, -0.1) is 0 Å². The summed E-state index contributed by atoms with van der Waals surface area (Å²) in [5.41, 5.74) is 0. The average molecular weight is 297 g/mol. The van der Waals surface area contributed by atoms with Gasteiger partial charge >= 0.3 is 5.97 Å². The van der Waals surface area contributed by atoms with Gasteiger partial charge < -0.3 is 10.0 Å². The lowest BCUT2D eigenvalue weighted by Crippen LogP contribution is -2.43. The Hall–Kier alpha value is -1.32. The molecule has 0 bridgehead atoms. The first kappa shape index (κ1) is 19.7. The summed E-state index contributed by atoms with van der Waals surface area (Å²) < 4.78 is 0. The van der Waals surface area contributed by atoms with Gasteiger partial charge in [0.05, 0.1) is 0 Å². The molecule has 1 atom stereocenters. The number of hydrogen-bond acceptors (Lipinski definition) is 2. The van der Waals surface area contributed by atoms with Crippen molar-refractivity contribution in [3.63, 3.8) is 0 Å². The molecule has 0 radical (unpaired) electrons. The van der Waals surface area contributed by atoms with Gasteiger partial charge in [-0.3, -0.25) is 4.79 Å². The van der Waals surface area contributed by atoms with E-state index < -0.39 is 12.0 Å². The van der Waals surface area contributed by atoms with Gasteiger partial charge in [-0.25, -0.2) is 4.79 Å². The molecular formula is C17H31NO3. The molecular weight excluding hydrogens is 266 g/mol. The molecule has 122 valence electrons. The normalized spacial score (nSPS) is 12.5. The molecule has 21 heavy (non-hydrogen) atoms. The van der Waals surface area contributed by atoms with Crippen LogP contribution < -0.4 is 0 Å². The fourth-order valence-electron chi connectivity index (χ4n) is 2.25. The second-order valence-electron chi connectivity index (χ2n) is 5.48. The lowest BCUT2D eigenvalue weighted by Gasteiger charge is -2.26. The molecule has 0 saturated carbocycles. The van der Waals surface area contributed by atoms with Crippen molar-refractivity contribution >= 4 is 11.9 Å². The molecule has 0 aromatic heterocycles. The van der Waals surface area contributed by atoms with Gasteiger partial charge in [0, 0.05) is 13.0 Å². The summed E-state index contributed by atoms with van der Waals surface area (Å²) in [7, 11) is 0. The molecule has 0 saturated heterocycles. The Labute approximate surface area is 129 Å². The number of carbonyl (C=O) groups is 2. The van der Waals surface area contributed by atoms with Crippen LogP contribution in [0, 0.1) is 0 Å². The maximum Gasteiger partial charge on any atom is 0.326 e. The Morgan fingerprint density at radius 2 is 1.76 bits per heavy atom. The van der Waals surface area contributed by atoms with Crippen LogP contribution in [-0.4, -0.2) is 34.5 Å². The van der Waals surface area contributed by atoms with E-state index in [1.54, 1.807) is 6.92 Å². The van der Waals surface area contributed by atoms with E-state index in [1.165, 1.54) is 24.2 Å². The summed E-state index contributed by atoms with van der Waals surface area (Å²) in [5.74, 6) is -0.989. The number of carboxylic acids is 1. The summed E-state index contributed by atoms with van der Waals surface area (Å²) in [4.78, 5) is 24.8. The molecule has 0 aliphatic carbocycles. The third-order valence-corrected chi connectivity index (χ3v) is 3.66. The van der Waals surface area contributed by atoms with Crippen LogP contribution in [-0.2, 0) is 9.59 Å². The molecule has 4 nitrogen and oxygen atoms in total. The molecule has 0 aliphatic heterocycles. The first-order valence-electron chi connectivity index (χ1n) is 8.18. The van der Waals surface area contributed by atoms with Crippen molar-refractivity contribution < 1.29 is 14.7 Å². The summed E-state index contributed by atoms with van der Waals surface area (Å²) in [6, 6.07) is -0.737. The molecule has 0 fully saturated rings. The average Bonchev–Trinajstić information content (AvgIpc) is 2.46. The summed E-state index contributed by atoms with van der Waals surface area (Å²) in [6.07, 6.45) is 11.7. The van der Waals surface area contributed by atoms with Gasteiger partial charge in [0.2, 0.25) is 5.91 Å². The van der Waals surface area contributed by atoms with Gasteiger partial charge in [-0.1, -0.05) is 51.2 Å². The van der Waals surface area contributed by atoms with Crippen LogP contribution in [0.4, 0.5) is 0 Å². The van der Waals surface area contributed by atoms with Gasteiger partial charge in [0.1, 0.15) is 6.04 Å². The van der Waals surface area contributed by atoms with Gasteiger partial charge in [-0.05, 0) is 26.7 Å². The Bertz CT molecular complexity index is 326. The second-order valence-corrected chi connectivity index (χ2v) is 5.48. The zero-order chi connectivity index (χ0) is 16.1. The molecule has 0 aromatic rings. The minimum absolute atomic E-state index is 0.0587. The molecule has 0 aliphatic rings. The van der Waals surface area contributed by atoms with E-state index in [9.17, 15) is 9.59 Å². The number of unbranched alkanes of at least 4 members (excludes halogenated alkanes) is 5. The highest BCUT2D eigenvalue weighted by Crippen LogP contribution is 2.10. The van der Waals surface area contributed by atoms with Crippen LogP contribution in [0.2, 0.25) is 0 Å². The fraction of sp³-hybridized carbons (Fsp3) is 0.765. The van der Waals surface area contributed by atoms with Crippen LogP contribution in [0.5, 0.6) is 0 Å². The van der Waals surface area contributed by atoms with Crippen molar-refractivity contribution in [1.29, 1.82) is 0 Å². The van der Waals surface area contributed by atoms with E-state index in [0.717, 1.165) is 19.3 Å². The molecule has 0 spiro atoms. The van der Waals surface area contributed by atoms with Crippen LogP contribution in [0.15, 0.2) is 12.2 Å². The number of carboxylic acid groups (broad SMARTS) is 1. The van der Waals surface area contributed by atoms with Crippen molar-refractivity contribution in [3.05, 3.63) is 12.2 Å². The van der Waals surface area contributed by atoms with Gasteiger partial charge in [0.25, 0.3) is 0 Å². The zero-order valence-electron chi connectivity index (χ0n) is 13.8. The topological polar surface area (TPSA) is 57.6 Å². The number of carbonyl (C=O) groups excluding carboxylic acids is 1. The maximum absolute atomic E-state index is 12.2. The largest absolute Gasteiger partial charge is 0.480 e. The highest BCUT2D eigenvalue weighted by Gasteiger charge is 2.24. The second kappa shape index (κ2) is 12.4. The minimum atomic E-state index is -0.930. The van der Waals surface area contributed by atoms with Gasteiger partial charge in [-0.2, -0.15) is 0 Å². The Morgan fingerprint density at radius 1 is 1.14 bits per heavy atom. The Morgan fingerprint density at radius 3 is 2.33 bits per heavy atom. The van der Waals surface area contributed by atoms with Gasteiger partial charge in [0.15, 0.2) is 0 Å². The van der Waals surface area contributed by atoms with E-state index in [2.05, 4.69) is 6.92 Å². The molecule has 0 unspecified atom stereocenters. The number of amides is 1. The van der Waals surface area contributed by atoms with Crippen molar-refractivity contribution in [2.75, 3.05) is 6.54 Å². The third kappa shape index (κ3) is 9.27. The van der Waals surface area contributed by atoms with Crippen molar-refractivity contribution in [2.24, 2.45) is 0 Å². The quantitative estimate of drug-likeness (QED) is 0.437. The first-order valence-corrected chi connectivity index (χ1v) is 8.18. The molecule has 1 amide bonds. The van der Waals surface area contributed by atoms with Crippen LogP contribution in [0.25, 0.3) is 0 Å². The van der Waals surface area contributed by atoms with Crippen molar-refractivity contribution in [1.82, 2.24) is 4.90 Å². The SMILES string of the molecule is C/C=C/CCC(=O)N(CCCCCCCC)[C@@H](C)C(=O)O. The highest BCUT2D eigenvalue weighted by atomic mass is 16.4. The molecule has 4 heteroatoms. The number of aliphatic carboxylic acids is 1. The smallest absolute Gasteiger partial charge is 0.326 e. The van der Waals surface area contributed by atoms with E-state index in [4.69, 9.17) is 5.11 Å². The lowest BCUT2D eigenvalue weighted by atomic mass is 10.1. The lowest BCUT2D eigenvalue weighted by molar-refractivity contribution is -0.149. The number of hydrogen-bond donors (Lipinski definition) is 1. The monoisotopic (exact) mass is 297 g/mol. The molecule has 1 N–H and O–H groups in total. The number of rotatable bonds is 12. The number of allylic oxidation sites excluding steroid dienone is 2. The molecule has 0 heterocycles. The zero-order valence-corrected chi connectivity index (χ0v) is 13.8. The summed E-state index contributed by atoms with van der Waals surface area (Å²) >= 11 is 0. The number of nitrogens with zero attached hydrogens (tertiary/aromatic N) is 1.